The van der Waals surface area contributed by atoms with E-state index in [9.17, 15) is 155 Å². The summed E-state index contributed by atoms with van der Waals surface area (Å²) in [6.45, 7) is -6.25. The molecule has 0 aromatic rings. The summed E-state index contributed by atoms with van der Waals surface area (Å²) >= 11 is 0. The van der Waals surface area contributed by atoms with Crippen LogP contribution in [-0.4, -0.2) is 159 Å². The van der Waals surface area contributed by atoms with Crippen LogP contribution in [0.3, 0.4) is 0 Å². The van der Waals surface area contributed by atoms with Gasteiger partial charge in [0.05, 0.1) is 0 Å². The summed E-state index contributed by atoms with van der Waals surface area (Å²) in [6.07, 6.45) is -14.3. The zero-order valence-electron chi connectivity index (χ0n) is 40.7. The minimum absolute atomic E-state index is 0.0604. The Hall–Kier alpha value is -3.87. The second kappa shape index (κ2) is 27.2. The van der Waals surface area contributed by atoms with Crippen LogP contribution in [0, 0.1) is 0 Å². The van der Waals surface area contributed by atoms with Gasteiger partial charge in [0.15, 0.2) is 13.2 Å². The third kappa shape index (κ3) is 15.9. The molecule has 476 valence electrons. The van der Waals surface area contributed by atoms with Gasteiger partial charge in [-0.05, 0) is 65.6 Å². The van der Waals surface area contributed by atoms with Crippen molar-refractivity contribution in [1.82, 2.24) is 4.90 Å². The minimum atomic E-state index is -8.63. The Kier molecular flexibility index (Phi) is 25.9. The fourth-order valence-corrected chi connectivity index (χ4v) is 6.39. The van der Waals surface area contributed by atoms with E-state index >= 15 is 0 Å². The number of halogens is 32. The maximum atomic E-state index is 14.1. The topological polar surface area (TPSA) is 82.1 Å². The number of unbranched alkanes of at least 4 members (excludes halogenated alkanes) is 8. The van der Waals surface area contributed by atoms with Gasteiger partial charge in [0.2, 0.25) is 0 Å². The molecule has 0 aliphatic rings. The van der Waals surface area contributed by atoms with Crippen molar-refractivity contribution in [3.05, 3.63) is 0 Å². The number of ether oxygens (including phenoxy) is 3. The molecular weight excluding hydrogens is 1210 g/mol. The lowest BCUT2D eigenvalue weighted by molar-refractivity contribution is -0.447. The van der Waals surface area contributed by atoms with E-state index in [0.29, 0.717) is 13.0 Å². The second-order valence-corrected chi connectivity index (χ2v) is 18.0. The third-order valence-corrected chi connectivity index (χ3v) is 11.4. The van der Waals surface area contributed by atoms with E-state index < -0.39 is 159 Å². The molecule has 0 aromatic carbocycles. The lowest BCUT2D eigenvalue weighted by atomic mass is 9.89. The molecule has 0 aromatic heterocycles. The molecule has 0 fully saturated rings. The Balaban J connectivity index is 5.34. The monoisotopic (exact) mass is 1260 g/mol. The highest BCUT2D eigenvalue weighted by Gasteiger charge is 2.95. The summed E-state index contributed by atoms with van der Waals surface area (Å²) in [5.74, 6) is -117. The van der Waals surface area contributed by atoms with Crippen molar-refractivity contribution in [3.63, 3.8) is 0 Å². The molecule has 0 amide bonds. The fourth-order valence-electron chi connectivity index (χ4n) is 6.39. The molecule has 0 spiro atoms. The van der Waals surface area contributed by atoms with E-state index in [2.05, 4.69) is 9.47 Å². The maximum absolute atomic E-state index is 14.1. The molecular formula is C41H47F32NO6. The fraction of sp³-hybridized carbons (Fsp3) is 0.927. The molecule has 39 heteroatoms. The van der Waals surface area contributed by atoms with Crippen LogP contribution in [0.25, 0.3) is 0 Å². The normalized spacial score (nSPS) is 14.9. The molecule has 0 atom stereocenters. The van der Waals surface area contributed by atoms with Crippen LogP contribution >= 0.6 is 0 Å². The summed E-state index contributed by atoms with van der Waals surface area (Å²) in [6, 6.07) is 0. The van der Waals surface area contributed by atoms with Crippen molar-refractivity contribution in [2.75, 3.05) is 33.9 Å². The highest BCUT2D eigenvalue weighted by Crippen LogP contribution is 2.65. The molecule has 80 heavy (non-hydrogen) atoms. The van der Waals surface area contributed by atoms with E-state index in [1.807, 2.05) is 0 Å². The van der Waals surface area contributed by atoms with E-state index in [1.165, 1.54) is 0 Å². The van der Waals surface area contributed by atoms with Crippen molar-refractivity contribution < 1.29 is 169 Å². The number of rotatable bonds is 39. The molecule has 0 saturated carbocycles. The SMILES string of the molecule is CN(C)CCCC(=O)OC(CCCCCCCC(=O)OCC(F)(F)C(F)(F)C(F)(F)C(F)(F)C(F)(F)C(F)(F)C(F)(F)C(F)F)CCCCCCCC(=O)OCC(F)(F)C(F)(F)C(F)(F)C(F)(F)C(F)(F)C(F)(F)C(F)(F)C(F)F. The summed E-state index contributed by atoms with van der Waals surface area (Å²) in [5, 5.41) is 0. The largest absolute Gasteiger partial charge is 0.462 e. The third-order valence-electron chi connectivity index (χ3n) is 11.4. The maximum Gasteiger partial charge on any atom is 0.385 e. The summed E-state index contributed by atoms with van der Waals surface area (Å²) < 4.78 is 445. The van der Waals surface area contributed by atoms with Gasteiger partial charge in [0, 0.05) is 19.3 Å². The summed E-state index contributed by atoms with van der Waals surface area (Å²) in [5.41, 5.74) is 0. The first-order chi connectivity index (χ1) is 35.6. The number of hydrogen-bond acceptors (Lipinski definition) is 7. The van der Waals surface area contributed by atoms with E-state index in [4.69, 9.17) is 4.74 Å². The van der Waals surface area contributed by atoms with Crippen molar-refractivity contribution in [2.24, 2.45) is 0 Å². The first-order valence-electron chi connectivity index (χ1n) is 22.6. The Morgan fingerprint density at radius 3 is 0.875 bits per heavy atom. The predicted molar refractivity (Wildman–Crippen MR) is 205 cm³/mol. The zero-order valence-corrected chi connectivity index (χ0v) is 40.7. The van der Waals surface area contributed by atoms with Crippen molar-refractivity contribution >= 4 is 17.9 Å². The Morgan fingerprint density at radius 1 is 0.338 bits per heavy atom. The average Bonchev–Trinajstić information content (AvgIpc) is 3.30. The second-order valence-electron chi connectivity index (χ2n) is 18.0. The van der Waals surface area contributed by atoms with Crippen LogP contribution < -0.4 is 0 Å². The van der Waals surface area contributed by atoms with Gasteiger partial charge in [-0.25, -0.2) is 17.6 Å². The average molecular weight is 1260 g/mol. The van der Waals surface area contributed by atoms with E-state index in [1.54, 1.807) is 19.0 Å². The Bertz CT molecular complexity index is 1840. The predicted octanol–water partition coefficient (Wildman–Crippen LogP) is 15.2. The van der Waals surface area contributed by atoms with Gasteiger partial charge in [0.25, 0.3) is 0 Å². The minimum Gasteiger partial charge on any atom is -0.462 e. The van der Waals surface area contributed by atoms with Gasteiger partial charge in [0.1, 0.15) is 6.10 Å². The van der Waals surface area contributed by atoms with Crippen LogP contribution in [0.15, 0.2) is 0 Å². The number of alkyl halides is 32. The molecule has 0 saturated heterocycles. The zero-order chi connectivity index (χ0) is 63.6. The Labute approximate surface area is 430 Å². The molecule has 0 heterocycles. The van der Waals surface area contributed by atoms with Crippen LogP contribution in [0.2, 0.25) is 0 Å². The number of carbonyl (C=O) groups excluding carboxylic acids is 3. The number of carbonyl (C=O) groups is 3. The van der Waals surface area contributed by atoms with Gasteiger partial charge in [-0.15, -0.1) is 0 Å². The smallest absolute Gasteiger partial charge is 0.385 e. The summed E-state index contributed by atoms with van der Waals surface area (Å²) in [4.78, 5) is 37.8. The quantitative estimate of drug-likeness (QED) is 0.0262. The number of esters is 3. The first kappa shape index (κ1) is 76.1. The van der Waals surface area contributed by atoms with Gasteiger partial charge in [-0.3, -0.25) is 14.4 Å². The molecule has 0 aliphatic carbocycles. The van der Waals surface area contributed by atoms with Crippen molar-refractivity contribution in [3.8, 4) is 0 Å². The number of nitrogens with zero attached hydrogens (tertiary/aromatic N) is 1. The first-order valence-corrected chi connectivity index (χ1v) is 22.6. The van der Waals surface area contributed by atoms with E-state index in [0.717, 1.165) is 0 Å². The molecule has 7 nitrogen and oxygen atoms in total. The molecule has 0 N–H and O–H groups in total. The highest BCUT2D eigenvalue weighted by molar-refractivity contribution is 5.70. The lowest BCUT2D eigenvalue weighted by Crippen LogP contribution is -2.74. The van der Waals surface area contributed by atoms with Gasteiger partial charge in [-0.1, -0.05) is 38.5 Å². The van der Waals surface area contributed by atoms with Gasteiger partial charge in [-0.2, -0.15) is 123 Å². The van der Waals surface area contributed by atoms with Crippen LogP contribution in [-0.2, 0) is 28.6 Å². The molecule has 0 radical (unpaired) electrons. The van der Waals surface area contributed by atoms with Gasteiger partial charge < -0.3 is 19.1 Å². The van der Waals surface area contributed by atoms with E-state index in [-0.39, 0.29) is 70.6 Å². The molecule has 0 rings (SSSR count). The highest BCUT2D eigenvalue weighted by atomic mass is 19.4. The molecule has 0 bridgehead atoms. The summed E-state index contributed by atoms with van der Waals surface area (Å²) in [7, 11) is 3.35. The van der Waals surface area contributed by atoms with Crippen molar-refractivity contribution in [1.29, 1.82) is 0 Å². The lowest BCUT2D eigenvalue weighted by Gasteiger charge is -2.42. The standard InChI is InChI=1S/C41H47F32NO6/c1-74(2)19-13-18-25(77)80-22(14-9-5-3-7-11-16-23(75)78-20-28(46,47)32(54,55)36(62,63)40(70,71)38(66,67)34(58,59)30(50,51)26(42)43)15-10-6-4-8-12-17-24(76)79-21-29(48,49)33(56,57)37(64,65)41(72,73)39(68,69)35(60,61)31(52,53)27(44)45/h22,26-27H,3-21H2,1-2H3. The Morgan fingerprint density at radius 2 is 0.588 bits per heavy atom. The van der Waals surface area contributed by atoms with Crippen LogP contribution in [0.1, 0.15) is 103 Å². The van der Waals surface area contributed by atoms with Gasteiger partial charge >= 0.3 is 114 Å². The van der Waals surface area contributed by atoms with Crippen LogP contribution in [0.4, 0.5) is 140 Å². The van der Waals surface area contributed by atoms with Crippen molar-refractivity contribution in [2.45, 2.75) is 205 Å². The molecule has 0 aliphatic heterocycles. The van der Waals surface area contributed by atoms with Crippen LogP contribution in [0.5, 0.6) is 0 Å². The number of hydrogen-bond donors (Lipinski definition) is 0. The molecule has 0 unspecified atom stereocenters.